The Bertz CT molecular complexity index is 939. The quantitative estimate of drug-likeness (QED) is 0.467. The Hall–Kier alpha value is -3.75. The molecule has 0 aromatic heterocycles. The number of carbonyl (C=O) groups is 3. The molecule has 0 fully saturated rings. The lowest BCUT2D eigenvalue weighted by molar-refractivity contribution is -0.119. The fourth-order valence-electron chi connectivity index (χ4n) is 3.02. The first-order valence-corrected chi connectivity index (χ1v) is 10.6. The van der Waals surface area contributed by atoms with E-state index < -0.39 is 11.9 Å². The average Bonchev–Trinajstić information content (AvgIpc) is 2.82. The van der Waals surface area contributed by atoms with E-state index in [0.29, 0.717) is 30.2 Å². The number of benzene rings is 2. The molecule has 1 amide bonds. The molecule has 2 rings (SSSR count). The van der Waals surface area contributed by atoms with Gasteiger partial charge in [0, 0.05) is 12.2 Å². The molecule has 9 nitrogen and oxygen atoms in total. The molecule has 178 valence electrons. The van der Waals surface area contributed by atoms with Crippen LogP contribution in [0, 0.1) is 0 Å². The van der Waals surface area contributed by atoms with Crippen LogP contribution in [-0.4, -0.2) is 58.4 Å². The van der Waals surface area contributed by atoms with Crippen molar-refractivity contribution in [2.75, 3.05) is 45.8 Å². The highest BCUT2D eigenvalue weighted by Crippen LogP contribution is 2.27. The Kier molecular flexibility index (Phi) is 10.0. The van der Waals surface area contributed by atoms with Crippen LogP contribution in [0.1, 0.15) is 40.1 Å². The van der Waals surface area contributed by atoms with Crippen LogP contribution in [0.15, 0.2) is 36.4 Å². The van der Waals surface area contributed by atoms with Gasteiger partial charge in [0.2, 0.25) is 5.91 Å². The molecule has 0 atom stereocenters. The minimum absolute atomic E-state index is 0.0412. The molecule has 2 aromatic rings. The summed E-state index contributed by atoms with van der Waals surface area (Å²) in [4.78, 5) is 36.5. The van der Waals surface area contributed by atoms with Crippen molar-refractivity contribution in [1.82, 2.24) is 5.32 Å². The number of esters is 2. The van der Waals surface area contributed by atoms with Crippen LogP contribution in [0.5, 0.6) is 11.5 Å². The molecule has 2 aromatic carbocycles. The summed E-state index contributed by atoms with van der Waals surface area (Å²) >= 11 is 0. The van der Waals surface area contributed by atoms with Crippen LogP contribution in [0.3, 0.4) is 0 Å². The fourth-order valence-corrected chi connectivity index (χ4v) is 3.02. The maximum atomic E-state index is 12.3. The van der Waals surface area contributed by atoms with Gasteiger partial charge in [0.1, 0.15) is 0 Å². The maximum absolute atomic E-state index is 12.3. The minimum Gasteiger partial charge on any atom is -0.493 e. The van der Waals surface area contributed by atoms with Gasteiger partial charge in [0.15, 0.2) is 11.5 Å². The molecule has 0 aliphatic rings. The maximum Gasteiger partial charge on any atom is 0.338 e. The molecule has 0 aliphatic carbocycles. The highest BCUT2D eigenvalue weighted by atomic mass is 16.5. The van der Waals surface area contributed by atoms with Gasteiger partial charge in [0.25, 0.3) is 0 Å². The van der Waals surface area contributed by atoms with Crippen molar-refractivity contribution in [2.45, 2.75) is 20.3 Å². The molecule has 0 aliphatic heterocycles. The van der Waals surface area contributed by atoms with E-state index in [1.165, 1.54) is 18.2 Å². The van der Waals surface area contributed by atoms with Crippen LogP contribution >= 0.6 is 0 Å². The number of hydrogen-bond donors (Lipinski definition) is 2. The topological polar surface area (TPSA) is 112 Å². The molecular weight excluding hydrogens is 428 g/mol. The number of hydrogen-bond acceptors (Lipinski definition) is 8. The van der Waals surface area contributed by atoms with Crippen LogP contribution < -0.4 is 20.1 Å². The normalized spacial score (nSPS) is 10.2. The van der Waals surface area contributed by atoms with Gasteiger partial charge < -0.3 is 29.6 Å². The zero-order valence-electron chi connectivity index (χ0n) is 19.4. The van der Waals surface area contributed by atoms with Crippen LogP contribution in [0.2, 0.25) is 0 Å². The third-order valence-corrected chi connectivity index (χ3v) is 4.59. The molecule has 0 unspecified atom stereocenters. The molecule has 0 heterocycles. The van der Waals surface area contributed by atoms with Crippen LogP contribution in [0.4, 0.5) is 5.69 Å². The van der Waals surface area contributed by atoms with E-state index in [1.54, 1.807) is 28.1 Å². The van der Waals surface area contributed by atoms with E-state index in [-0.39, 0.29) is 36.8 Å². The Morgan fingerprint density at radius 3 is 1.97 bits per heavy atom. The lowest BCUT2D eigenvalue weighted by atomic mass is 10.1. The number of amides is 1. The molecular formula is C24H30N2O7. The van der Waals surface area contributed by atoms with Crippen molar-refractivity contribution in [2.24, 2.45) is 0 Å². The van der Waals surface area contributed by atoms with E-state index in [1.807, 2.05) is 18.2 Å². The number of anilines is 1. The summed E-state index contributed by atoms with van der Waals surface area (Å²) in [5.74, 6) is -0.101. The van der Waals surface area contributed by atoms with Gasteiger partial charge in [-0.2, -0.15) is 0 Å². The second kappa shape index (κ2) is 12.9. The zero-order valence-corrected chi connectivity index (χ0v) is 19.4. The van der Waals surface area contributed by atoms with Gasteiger partial charge in [-0.3, -0.25) is 4.79 Å². The molecule has 0 bridgehead atoms. The molecule has 0 saturated heterocycles. The van der Waals surface area contributed by atoms with Crippen molar-refractivity contribution in [3.05, 3.63) is 53.1 Å². The molecule has 0 radical (unpaired) electrons. The van der Waals surface area contributed by atoms with E-state index in [9.17, 15) is 14.4 Å². The standard InChI is InChI=1S/C24H30N2O7/c1-5-32-23(28)17-12-18(24(29)33-6-2)14-19(13-17)26-15-22(27)25-10-9-16-7-8-20(30-3)21(11-16)31-4/h7-8,11-14,26H,5-6,9-10,15H2,1-4H3,(H,25,27). The summed E-state index contributed by atoms with van der Waals surface area (Å²) in [5, 5.41) is 5.76. The summed E-state index contributed by atoms with van der Waals surface area (Å²) in [5.41, 5.74) is 1.80. The van der Waals surface area contributed by atoms with Crippen molar-refractivity contribution < 1.29 is 33.3 Å². The predicted octanol–water partition coefficient (Wildman–Crippen LogP) is 2.83. The Morgan fingerprint density at radius 1 is 0.818 bits per heavy atom. The minimum atomic E-state index is -0.564. The SMILES string of the molecule is CCOC(=O)c1cc(NCC(=O)NCCc2ccc(OC)c(OC)c2)cc(C(=O)OCC)c1. The first-order chi connectivity index (χ1) is 15.9. The smallest absolute Gasteiger partial charge is 0.338 e. The molecule has 0 saturated carbocycles. The summed E-state index contributed by atoms with van der Waals surface area (Å²) in [6.07, 6.45) is 0.609. The highest BCUT2D eigenvalue weighted by molar-refractivity contribution is 5.97. The van der Waals surface area contributed by atoms with E-state index >= 15 is 0 Å². The average molecular weight is 459 g/mol. The number of nitrogens with one attached hydrogen (secondary N) is 2. The van der Waals surface area contributed by atoms with E-state index in [0.717, 1.165) is 5.56 Å². The van der Waals surface area contributed by atoms with Crippen LogP contribution in [-0.2, 0) is 20.7 Å². The van der Waals surface area contributed by atoms with Crippen molar-refractivity contribution in [3.63, 3.8) is 0 Å². The lowest BCUT2D eigenvalue weighted by Gasteiger charge is -2.12. The van der Waals surface area contributed by atoms with Gasteiger partial charge in [0.05, 0.1) is 45.1 Å². The number of rotatable bonds is 12. The van der Waals surface area contributed by atoms with Crippen molar-refractivity contribution >= 4 is 23.5 Å². The summed E-state index contributed by atoms with van der Waals surface area (Å²) < 4.78 is 20.5. The first-order valence-electron chi connectivity index (χ1n) is 10.6. The predicted molar refractivity (Wildman–Crippen MR) is 123 cm³/mol. The van der Waals surface area contributed by atoms with Crippen molar-refractivity contribution in [3.8, 4) is 11.5 Å². The fraction of sp³-hybridized carbons (Fsp3) is 0.375. The summed E-state index contributed by atoms with van der Waals surface area (Å²) in [7, 11) is 3.14. The van der Waals surface area contributed by atoms with E-state index in [2.05, 4.69) is 10.6 Å². The Morgan fingerprint density at radius 2 is 1.42 bits per heavy atom. The highest BCUT2D eigenvalue weighted by Gasteiger charge is 2.15. The molecule has 0 spiro atoms. The third-order valence-electron chi connectivity index (χ3n) is 4.59. The second-order valence-electron chi connectivity index (χ2n) is 6.88. The zero-order chi connectivity index (χ0) is 24.2. The summed E-state index contributed by atoms with van der Waals surface area (Å²) in [6, 6.07) is 10.0. The van der Waals surface area contributed by atoms with Gasteiger partial charge in [-0.15, -0.1) is 0 Å². The monoisotopic (exact) mass is 458 g/mol. The molecule has 33 heavy (non-hydrogen) atoms. The van der Waals surface area contributed by atoms with Gasteiger partial charge in [-0.05, 0) is 56.2 Å². The number of carbonyl (C=O) groups excluding carboxylic acids is 3. The Balaban J connectivity index is 1.96. The third kappa shape index (κ3) is 7.71. The van der Waals surface area contributed by atoms with Gasteiger partial charge in [-0.25, -0.2) is 9.59 Å². The first kappa shape index (κ1) is 25.5. The van der Waals surface area contributed by atoms with E-state index in [4.69, 9.17) is 18.9 Å². The Labute approximate surface area is 193 Å². The largest absolute Gasteiger partial charge is 0.493 e. The van der Waals surface area contributed by atoms with Gasteiger partial charge >= 0.3 is 11.9 Å². The van der Waals surface area contributed by atoms with Crippen LogP contribution in [0.25, 0.3) is 0 Å². The number of methoxy groups -OCH3 is 2. The molecule has 9 heteroatoms. The molecule has 2 N–H and O–H groups in total. The van der Waals surface area contributed by atoms with Gasteiger partial charge in [-0.1, -0.05) is 6.07 Å². The second-order valence-corrected chi connectivity index (χ2v) is 6.88. The number of ether oxygens (including phenoxy) is 4. The lowest BCUT2D eigenvalue weighted by Crippen LogP contribution is -2.31. The van der Waals surface area contributed by atoms with Crippen molar-refractivity contribution in [1.29, 1.82) is 0 Å². The summed E-state index contributed by atoms with van der Waals surface area (Å²) in [6.45, 7) is 4.17.